The maximum atomic E-state index is 5.96. The molecule has 1 fully saturated rings. The fourth-order valence-corrected chi connectivity index (χ4v) is 2.74. The smallest absolute Gasteiger partial charge is 0.108 e. The van der Waals surface area contributed by atoms with Crippen LogP contribution in [0.25, 0.3) is 11.0 Å². The number of halogens is 1. The Labute approximate surface area is 117 Å². The Morgan fingerprint density at radius 2 is 2.16 bits per heavy atom. The molecule has 1 aromatic carbocycles. The number of nitrogens with one attached hydrogen (secondary N) is 3. The summed E-state index contributed by atoms with van der Waals surface area (Å²) in [4.78, 5) is 7.90. The molecular formula is C14H19ClN4. The van der Waals surface area contributed by atoms with Gasteiger partial charge in [-0.05, 0) is 44.1 Å². The Bertz CT molecular complexity index is 545. The molecule has 3 rings (SSSR count). The number of aromatic nitrogens is 2. The number of fused-ring (bicyclic) bond motifs is 1. The number of imidazole rings is 1. The van der Waals surface area contributed by atoms with Gasteiger partial charge in [-0.2, -0.15) is 0 Å². The zero-order chi connectivity index (χ0) is 13.1. The van der Waals surface area contributed by atoms with Crippen molar-refractivity contribution in [3.63, 3.8) is 0 Å². The zero-order valence-electron chi connectivity index (χ0n) is 10.9. The number of aromatic amines is 1. The number of piperidine rings is 1. The van der Waals surface area contributed by atoms with Crippen molar-refractivity contribution in [2.75, 3.05) is 19.6 Å². The molecule has 1 aliphatic heterocycles. The molecule has 0 atom stereocenters. The highest BCUT2D eigenvalue weighted by Gasteiger charge is 2.12. The molecule has 4 nitrogen and oxygen atoms in total. The summed E-state index contributed by atoms with van der Waals surface area (Å²) in [7, 11) is 0. The van der Waals surface area contributed by atoms with Crippen molar-refractivity contribution in [3.05, 3.63) is 29.0 Å². The van der Waals surface area contributed by atoms with Crippen molar-refractivity contribution in [3.8, 4) is 0 Å². The summed E-state index contributed by atoms with van der Waals surface area (Å²) in [5, 5.41) is 7.71. The fourth-order valence-electron chi connectivity index (χ4n) is 2.57. The molecule has 3 N–H and O–H groups in total. The Morgan fingerprint density at radius 1 is 1.32 bits per heavy atom. The van der Waals surface area contributed by atoms with Crippen LogP contribution in [0.5, 0.6) is 0 Å². The third kappa shape index (κ3) is 3.26. The quantitative estimate of drug-likeness (QED) is 0.803. The van der Waals surface area contributed by atoms with E-state index in [1.807, 2.05) is 18.2 Å². The molecule has 0 aliphatic carbocycles. The Hall–Kier alpha value is -1.10. The van der Waals surface area contributed by atoms with Gasteiger partial charge in [-0.1, -0.05) is 11.6 Å². The average Bonchev–Trinajstić information content (AvgIpc) is 2.82. The second-order valence-corrected chi connectivity index (χ2v) is 5.51. The maximum absolute atomic E-state index is 5.96. The molecule has 5 heteroatoms. The molecular weight excluding hydrogens is 260 g/mol. The van der Waals surface area contributed by atoms with Crippen molar-refractivity contribution in [2.45, 2.75) is 25.3 Å². The first-order chi connectivity index (χ1) is 9.31. The lowest BCUT2D eigenvalue weighted by Gasteiger charge is -2.23. The Kier molecular flexibility index (Phi) is 4.01. The van der Waals surface area contributed by atoms with Gasteiger partial charge in [0.15, 0.2) is 0 Å². The maximum Gasteiger partial charge on any atom is 0.108 e. The molecule has 0 saturated carbocycles. The van der Waals surface area contributed by atoms with Crippen molar-refractivity contribution in [2.24, 2.45) is 0 Å². The molecule has 0 radical (unpaired) electrons. The highest BCUT2D eigenvalue weighted by atomic mass is 35.5. The molecule has 0 amide bonds. The number of hydrogen-bond acceptors (Lipinski definition) is 3. The lowest BCUT2D eigenvalue weighted by atomic mass is 10.1. The van der Waals surface area contributed by atoms with Gasteiger partial charge in [0.05, 0.1) is 11.0 Å². The molecule has 2 heterocycles. The zero-order valence-corrected chi connectivity index (χ0v) is 11.6. The van der Waals surface area contributed by atoms with Crippen LogP contribution in [0, 0.1) is 0 Å². The van der Waals surface area contributed by atoms with Gasteiger partial charge < -0.3 is 15.6 Å². The molecule has 19 heavy (non-hydrogen) atoms. The van der Waals surface area contributed by atoms with Gasteiger partial charge in [-0.3, -0.25) is 0 Å². The number of benzene rings is 1. The van der Waals surface area contributed by atoms with Crippen LogP contribution in [0.1, 0.15) is 18.7 Å². The predicted octanol–water partition coefficient (Wildman–Crippen LogP) is 2.10. The van der Waals surface area contributed by atoms with Crippen molar-refractivity contribution in [1.82, 2.24) is 20.6 Å². The van der Waals surface area contributed by atoms with Gasteiger partial charge in [0.1, 0.15) is 5.82 Å². The molecule has 1 aliphatic rings. The van der Waals surface area contributed by atoms with Crippen molar-refractivity contribution in [1.29, 1.82) is 0 Å². The summed E-state index contributed by atoms with van der Waals surface area (Å²) in [6.45, 7) is 3.22. The van der Waals surface area contributed by atoms with E-state index in [2.05, 4.69) is 20.6 Å². The van der Waals surface area contributed by atoms with E-state index in [1.54, 1.807) is 0 Å². The van der Waals surface area contributed by atoms with E-state index in [0.29, 0.717) is 6.04 Å². The molecule has 1 aromatic heterocycles. The first-order valence-electron chi connectivity index (χ1n) is 6.89. The van der Waals surface area contributed by atoms with E-state index in [0.717, 1.165) is 47.9 Å². The number of hydrogen-bond donors (Lipinski definition) is 3. The average molecular weight is 279 g/mol. The Morgan fingerprint density at radius 3 is 3.00 bits per heavy atom. The normalized spacial score (nSPS) is 17.1. The third-order valence-corrected chi connectivity index (χ3v) is 3.86. The van der Waals surface area contributed by atoms with Crippen LogP contribution in [-0.2, 0) is 6.42 Å². The molecule has 2 aromatic rings. The van der Waals surface area contributed by atoms with E-state index in [4.69, 9.17) is 11.6 Å². The van der Waals surface area contributed by atoms with Crippen LogP contribution in [0.4, 0.5) is 0 Å². The fraction of sp³-hybridized carbons (Fsp3) is 0.500. The molecule has 0 spiro atoms. The van der Waals surface area contributed by atoms with Crippen LogP contribution in [-0.4, -0.2) is 35.6 Å². The van der Waals surface area contributed by atoms with Crippen LogP contribution < -0.4 is 10.6 Å². The molecule has 0 unspecified atom stereocenters. The van der Waals surface area contributed by atoms with Gasteiger partial charge in [0, 0.05) is 24.0 Å². The van der Waals surface area contributed by atoms with E-state index >= 15 is 0 Å². The minimum Gasteiger partial charge on any atom is -0.342 e. The summed E-state index contributed by atoms with van der Waals surface area (Å²) in [5.41, 5.74) is 2.01. The second kappa shape index (κ2) is 5.90. The van der Waals surface area contributed by atoms with Crippen LogP contribution >= 0.6 is 11.6 Å². The summed E-state index contributed by atoms with van der Waals surface area (Å²) in [5.74, 6) is 1.03. The summed E-state index contributed by atoms with van der Waals surface area (Å²) in [6, 6.07) is 6.42. The monoisotopic (exact) mass is 278 g/mol. The topological polar surface area (TPSA) is 52.7 Å². The van der Waals surface area contributed by atoms with Gasteiger partial charge in [0.25, 0.3) is 0 Å². The second-order valence-electron chi connectivity index (χ2n) is 5.07. The van der Waals surface area contributed by atoms with Crippen LogP contribution in [0.2, 0.25) is 5.02 Å². The summed E-state index contributed by atoms with van der Waals surface area (Å²) >= 11 is 5.96. The van der Waals surface area contributed by atoms with E-state index in [1.165, 1.54) is 12.8 Å². The van der Waals surface area contributed by atoms with E-state index in [-0.39, 0.29) is 0 Å². The Balaban J connectivity index is 1.56. The summed E-state index contributed by atoms with van der Waals surface area (Å²) in [6.07, 6.45) is 3.36. The minimum absolute atomic E-state index is 0.653. The van der Waals surface area contributed by atoms with Crippen LogP contribution in [0.15, 0.2) is 18.2 Å². The third-order valence-electron chi connectivity index (χ3n) is 3.63. The number of rotatable bonds is 4. The molecule has 102 valence electrons. The van der Waals surface area contributed by atoms with Gasteiger partial charge in [-0.25, -0.2) is 4.98 Å². The highest BCUT2D eigenvalue weighted by Crippen LogP contribution is 2.17. The highest BCUT2D eigenvalue weighted by molar-refractivity contribution is 6.31. The SMILES string of the molecule is Clc1ccc2[nH]c(CCNC3CCNCC3)nc2c1. The van der Waals surface area contributed by atoms with Crippen LogP contribution in [0.3, 0.4) is 0 Å². The lowest BCUT2D eigenvalue weighted by molar-refractivity contribution is 0.389. The lowest BCUT2D eigenvalue weighted by Crippen LogP contribution is -2.40. The molecule has 1 saturated heterocycles. The van der Waals surface area contributed by atoms with Crippen molar-refractivity contribution < 1.29 is 0 Å². The van der Waals surface area contributed by atoms with Gasteiger partial charge in [-0.15, -0.1) is 0 Å². The molecule has 0 bridgehead atoms. The number of H-pyrrole nitrogens is 1. The number of nitrogens with zero attached hydrogens (tertiary/aromatic N) is 1. The minimum atomic E-state index is 0.653. The largest absolute Gasteiger partial charge is 0.342 e. The summed E-state index contributed by atoms with van der Waals surface area (Å²) < 4.78 is 0. The van der Waals surface area contributed by atoms with E-state index < -0.39 is 0 Å². The standard InChI is InChI=1S/C14H19ClN4/c15-10-1-2-12-13(9-10)19-14(18-12)5-8-17-11-3-6-16-7-4-11/h1-2,9,11,16-17H,3-8H2,(H,18,19). The van der Waals surface area contributed by atoms with Gasteiger partial charge >= 0.3 is 0 Å². The first-order valence-corrected chi connectivity index (χ1v) is 7.27. The van der Waals surface area contributed by atoms with Gasteiger partial charge in [0.2, 0.25) is 0 Å². The first kappa shape index (κ1) is 12.9. The predicted molar refractivity (Wildman–Crippen MR) is 78.7 cm³/mol. The van der Waals surface area contributed by atoms with E-state index in [9.17, 15) is 0 Å². The van der Waals surface area contributed by atoms with Crippen molar-refractivity contribution >= 4 is 22.6 Å².